The summed E-state index contributed by atoms with van der Waals surface area (Å²) in [5.74, 6) is 0. The molecule has 2 fully saturated rings. The first-order chi connectivity index (χ1) is 9.93. The van der Waals surface area contributed by atoms with Crippen LogP contribution in [-0.2, 0) is 6.54 Å². The van der Waals surface area contributed by atoms with Gasteiger partial charge < -0.3 is 0 Å². The Morgan fingerprint density at radius 3 is 1.95 bits per heavy atom. The average molecular weight is 270 g/mol. The second-order valence-corrected chi connectivity index (χ2v) is 6.64. The molecule has 2 aliphatic rings. The molecule has 3 rings (SSSR count). The Morgan fingerprint density at radius 1 is 0.850 bits per heavy atom. The molecule has 1 aromatic carbocycles. The zero-order valence-electron chi connectivity index (χ0n) is 12.7. The highest BCUT2D eigenvalue weighted by Gasteiger charge is 2.28. The van der Waals surface area contributed by atoms with E-state index in [-0.39, 0.29) is 0 Å². The lowest BCUT2D eigenvalue weighted by Crippen LogP contribution is -2.44. The van der Waals surface area contributed by atoms with Crippen LogP contribution in [0.5, 0.6) is 0 Å². The fourth-order valence-corrected chi connectivity index (χ4v) is 4.11. The first-order valence-electron chi connectivity index (χ1n) is 8.65. The van der Waals surface area contributed by atoms with Crippen LogP contribution in [0.4, 0.5) is 0 Å². The fraction of sp³-hybridized carbons (Fsp3) is 0.684. The number of benzene rings is 1. The predicted octanol–water partition coefficient (Wildman–Crippen LogP) is 4.95. The molecule has 0 amide bonds. The minimum absolute atomic E-state index is 0.834. The smallest absolute Gasteiger partial charge is 0.0245 e. The largest absolute Gasteiger partial charge is 0.293 e. The Bertz CT molecular complexity index is 356. The Kier molecular flexibility index (Phi) is 5.13. The molecule has 0 aliphatic heterocycles. The number of hydrogen-bond acceptors (Lipinski definition) is 1. The Labute approximate surface area is 124 Å². The molecule has 0 atom stereocenters. The molecule has 1 heteroatoms. The molecule has 1 radical (unpaired) electrons. The Hall–Kier alpha value is -0.820. The molecule has 2 aliphatic carbocycles. The van der Waals surface area contributed by atoms with Gasteiger partial charge in [-0.3, -0.25) is 4.90 Å². The summed E-state index contributed by atoms with van der Waals surface area (Å²) in [6.07, 6.45) is 14.3. The second-order valence-electron chi connectivity index (χ2n) is 6.64. The van der Waals surface area contributed by atoms with Crippen molar-refractivity contribution < 1.29 is 0 Å². The van der Waals surface area contributed by atoms with E-state index in [9.17, 15) is 0 Å². The van der Waals surface area contributed by atoms with Crippen LogP contribution >= 0.6 is 0 Å². The molecule has 0 N–H and O–H groups in total. The molecule has 0 unspecified atom stereocenters. The minimum Gasteiger partial charge on any atom is -0.293 e. The third-order valence-corrected chi connectivity index (χ3v) is 5.21. The highest BCUT2D eigenvalue weighted by Crippen LogP contribution is 2.31. The quantitative estimate of drug-likeness (QED) is 0.748. The first-order valence-corrected chi connectivity index (χ1v) is 8.65. The van der Waals surface area contributed by atoms with Crippen molar-refractivity contribution in [2.75, 3.05) is 0 Å². The summed E-state index contributed by atoms with van der Waals surface area (Å²) in [5, 5.41) is 0. The van der Waals surface area contributed by atoms with Gasteiger partial charge in [0.1, 0.15) is 0 Å². The minimum atomic E-state index is 0.834. The molecule has 0 heterocycles. The lowest BCUT2D eigenvalue weighted by atomic mass is 9.88. The van der Waals surface area contributed by atoms with Crippen LogP contribution in [0.1, 0.15) is 69.8 Å². The van der Waals surface area contributed by atoms with E-state index in [1.165, 1.54) is 69.8 Å². The molecule has 20 heavy (non-hydrogen) atoms. The van der Waals surface area contributed by atoms with E-state index in [1.807, 2.05) is 0 Å². The molecular formula is C19H28N. The molecule has 109 valence electrons. The van der Waals surface area contributed by atoms with Crippen molar-refractivity contribution in [2.45, 2.75) is 82.8 Å². The normalized spacial score (nSPS) is 22.2. The van der Waals surface area contributed by atoms with Crippen molar-refractivity contribution in [1.29, 1.82) is 0 Å². The van der Waals surface area contributed by atoms with E-state index >= 15 is 0 Å². The van der Waals surface area contributed by atoms with Crippen LogP contribution in [0.3, 0.4) is 0 Å². The Morgan fingerprint density at radius 2 is 1.45 bits per heavy atom. The fourth-order valence-electron chi connectivity index (χ4n) is 4.11. The lowest BCUT2D eigenvalue weighted by molar-refractivity contribution is 0.0730. The van der Waals surface area contributed by atoms with Gasteiger partial charge in [0, 0.05) is 18.6 Å². The number of hydrogen-bond donors (Lipinski definition) is 0. The highest BCUT2D eigenvalue weighted by molar-refractivity contribution is 5.13. The summed E-state index contributed by atoms with van der Waals surface area (Å²) >= 11 is 0. The van der Waals surface area contributed by atoms with Crippen LogP contribution in [-0.4, -0.2) is 17.0 Å². The average Bonchev–Trinajstić information content (AvgIpc) is 2.55. The van der Waals surface area contributed by atoms with Crippen LogP contribution in [0, 0.1) is 6.07 Å². The van der Waals surface area contributed by atoms with E-state index in [1.54, 1.807) is 0 Å². The predicted molar refractivity (Wildman–Crippen MR) is 84.6 cm³/mol. The second kappa shape index (κ2) is 7.26. The third-order valence-electron chi connectivity index (χ3n) is 5.21. The van der Waals surface area contributed by atoms with Gasteiger partial charge in [-0.05, 0) is 37.3 Å². The Balaban J connectivity index is 1.71. The van der Waals surface area contributed by atoms with Crippen molar-refractivity contribution >= 4 is 0 Å². The van der Waals surface area contributed by atoms with Crippen molar-refractivity contribution in [3.05, 3.63) is 35.9 Å². The van der Waals surface area contributed by atoms with Crippen molar-refractivity contribution in [1.82, 2.24) is 4.90 Å². The van der Waals surface area contributed by atoms with Crippen molar-refractivity contribution in [3.63, 3.8) is 0 Å². The molecule has 0 bridgehead atoms. The molecule has 0 spiro atoms. The van der Waals surface area contributed by atoms with Gasteiger partial charge in [0.25, 0.3) is 0 Å². The van der Waals surface area contributed by atoms with Gasteiger partial charge >= 0.3 is 0 Å². The van der Waals surface area contributed by atoms with Gasteiger partial charge in [-0.25, -0.2) is 0 Å². The van der Waals surface area contributed by atoms with Crippen LogP contribution < -0.4 is 0 Å². The SMILES string of the molecule is [c]1ccccc1CN(C1CCCCC1)C1CCCCC1. The number of nitrogens with zero attached hydrogens (tertiary/aromatic N) is 1. The van der Waals surface area contributed by atoms with Gasteiger partial charge in [0.15, 0.2) is 0 Å². The maximum atomic E-state index is 3.44. The van der Waals surface area contributed by atoms with E-state index < -0.39 is 0 Å². The first kappa shape index (κ1) is 14.1. The van der Waals surface area contributed by atoms with Gasteiger partial charge in [0.2, 0.25) is 0 Å². The molecule has 1 aromatic rings. The summed E-state index contributed by atoms with van der Waals surface area (Å²) in [5.41, 5.74) is 1.38. The maximum absolute atomic E-state index is 3.44. The van der Waals surface area contributed by atoms with E-state index in [2.05, 4.69) is 35.2 Å². The standard InChI is InChI=1S/C19H28N/c1-4-10-17(11-5-1)16-20(18-12-6-2-7-13-18)19-14-8-3-9-15-19/h1,4-5,10,18-19H,2-3,6-9,12-16H2. The van der Waals surface area contributed by atoms with Crippen LogP contribution in [0.25, 0.3) is 0 Å². The number of rotatable bonds is 4. The summed E-state index contributed by atoms with van der Waals surface area (Å²) in [7, 11) is 0. The van der Waals surface area contributed by atoms with Gasteiger partial charge in [0.05, 0.1) is 0 Å². The van der Waals surface area contributed by atoms with Crippen molar-refractivity contribution in [2.24, 2.45) is 0 Å². The summed E-state index contributed by atoms with van der Waals surface area (Å²) in [6.45, 7) is 1.12. The monoisotopic (exact) mass is 270 g/mol. The van der Waals surface area contributed by atoms with Crippen LogP contribution in [0.15, 0.2) is 24.3 Å². The summed E-state index contributed by atoms with van der Waals surface area (Å²) < 4.78 is 0. The van der Waals surface area contributed by atoms with Gasteiger partial charge in [-0.2, -0.15) is 0 Å². The molecule has 1 nitrogen and oxygen atoms in total. The molecule has 0 saturated heterocycles. The third kappa shape index (κ3) is 3.63. The summed E-state index contributed by atoms with van der Waals surface area (Å²) in [6, 6.07) is 13.7. The lowest BCUT2D eigenvalue weighted by Gasteiger charge is -2.41. The van der Waals surface area contributed by atoms with Crippen LogP contribution in [0.2, 0.25) is 0 Å². The maximum Gasteiger partial charge on any atom is 0.0245 e. The van der Waals surface area contributed by atoms with Crippen molar-refractivity contribution in [3.8, 4) is 0 Å². The van der Waals surface area contributed by atoms with E-state index in [4.69, 9.17) is 0 Å². The molecule has 2 saturated carbocycles. The topological polar surface area (TPSA) is 3.24 Å². The van der Waals surface area contributed by atoms with E-state index in [0.717, 1.165) is 18.6 Å². The zero-order chi connectivity index (χ0) is 13.6. The van der Waals surface area contributed by atoms with Gasteiger partial charge in [-0.15, -0.1) is 0 Å². The molecular weight excluding hydrogens is 242 g/mol. The zero-order valence-corrected chi connectivity index (χ0v) is 12.7. The highest BCUT2D eigenvalue weighted by atomic mass is 15.2. The molecule has 0 aromatic heterocycles. The van der Waals surface area contributed by atoms with Gasteiger partial charge in [-0.1, -0.05) is 62.8 Å². The van der Waals surface area contributed by atoms with E-state index in [0.29, 0.717) is 0 Å². The summed E-state index contributed by atoms with van der Waals surface area (Å²) in [4.78, 5) is 2.85.